The Morgan fingerprint density at radius 3 is 2.85 bits per heavy atom. The van der Waals surface area contributed by atoms with Gasteiger partial charge in [0.05, 0.1) is 11.9 Å². The van der Waals surface area contributed by atoms with E-state index in [1.54, 1.807) is 6.07 Å². The first-order chi connectivity index (χ1) is 9.61. The van der Waals surface area contributed by atoms with Crippen molar-refractivity contribution in [2.24, 2.45) is 7.05 Å². The second kappa shape index (κ2) is 4.26. The van der Waals surface area contributed by atoms with Crippen LogP contribution in [-0.2, 0) is 7.05 Å². The average Bonchev–Trinajstić information content (AvgIpc) is 2.96. The molecule has 0 saturated heterocycles. The summed E-state index contributed by atoms with van der Waals surface area (Å²) in [6, 6.07) is 3.04. The first-order valence-electron chi connectivity index (χ1n) is 5.71. The van der Waals surface area contributed by atoms with Crippen LogP contribution in [0.1, 0.15) is 10.4 Å². The van der Waals surface area contributed by atoms with E-state index in [0.717, 1.165) is 4.57 Å². The van der Waals surface area contributed by atoms with E-state index in [9.17, 15) is 14.4 Å². The Bertz CT molecular complexity index is 920. The summed E-state index contributed by atoms with van der Waals surface area (Å²) in [5.41, 5.74) is -1.01. The van der Waals surface area contributed by atoms with Gasteiger partial charge in [-0.15, -0.1) is 0 Å². The summed E-state index contributed by atoms with van der Waals surface area (Å²) in [5.74, 6) is -0.722. The largest absolute Gasteiger partial charge is 0.339 e. The van der Waals surface area contributed by atoms with Gasteiger partial charge in [-0.2, -0.15) is 4.57 Å². The third kappa shape index (κ3) is 1.58. The number of hydrogen-bond acceptors (Lipinski definition) is 5. The molecule has 0 saturated carbocycles. The predicted octanol–water partition coefficient (Wildman–Crippen LogP) is -0.493. The van der Waals surface area contributed by atoms with E-state index in [0.29, 0.717) is 4.57 Å². The highest BCUT2D eigenvalue weighted by Crippen LogP contribution is 2.01. The summed E-state index contributed by atoms with van der Waals surface area (Å²) in [5, 5.41) is 0. The van der Waals surface area contributed by atoms with E-state index in [4.69, 9.17) is 0 Å². The van der Waals surface area contributed by atoms with Gasteiger partial charge in [0.1, 0.15) is 5.52 Å². The fourth-order valence-corrected chi connectivity index (χ4v) is 1.94. The summed E-state index contributed by atoms with van der Waals surface area (Å²) in [4.78, 5) is 47.0. The van der Waals surface area contributed by atoms with Crippen molar-refractivity contribution in [2.75, 3.05) is 0 Å². The molecule has 0 fully saturated rings. The first kappa shape index (κ1) is 12.0. The molecule has 3 rings (SSSR count). The van der Waals surface area contributed by atoms with Crippen molar-refractivity contribution < 1.29 is 4.79 Å². The predicted molar refractivity (Wildman–Crippen MR) is 69.6 cm³/mol. The minimum atomic E-state index is -0.747. The number of hydrogen-bond donors (Lipinski definition) is 1. The van der Waals surface area contributed by atoms with E-state index in [1.165, 1.54) is 31.8 Å². The molecule has 1 N–H and O–H groups in total. The lowest BCUT2D eigenvalue weighted by Crippen LogP contribution is -2.43. The maximum Gasteiger partial charge on any atom is 0.339 e. The second-order valence-corrected chi connectivity index (χ2v) is 4.13. The molecule has 0 radical (unpaired) electrons. The number of fused-ring (bicyclic) bond motifs is 1. The van der Waals surface area contributed by atoms with Crippen LogP contribution in [0.5, 0.6) is 0 Å². The highest BCUT2D eigenvalue weighted by molar-refractivity contribution is 5.96. The number of carbonyl (C=O) groups is 1. The molecule has 0 spiro atoms. The molecule has 100 valence electrons. The van der Waals surface area contributed by atoms with Gasteiger partial charge in [0, 0.05) is 19.4 Å². The van der Waals surface area contributed by atoms with Gasteiger partial charge in [-0.05, 0) is 12.1 Å². The molecule has 3 aromatic heterocycles. The van der Waals surface area contributed by atoms with E-state index in [-0.39, 0.29) is 16.7 Å². The summed E-state index contributed by atoms with van der Waals surface area (Å²) < 4.78 is 1.71. The highest BCUT2D eigenvalue weighted by atomic mass is 16.2. The number of rotatable bonds is 1. The number of aromatic nitrogens is 5. The summed E-state index contributed by atoms with van der Waals surface area (Å²) in [6.45, 7) is 0. The number of aryl methyl sites for hydroxylation is 1. The Labute approximate surface area is 111 Å². The lowest BCUT2D eigenvalue weighted by atomic mass is 10.2. The van der Waals surface area contributed by atoms with Gasteiger partial charge in [-0.25, -0.2) is 9.78 Å². The highest BCUT2D eigenvalue weighted by Gasteiger charge is 2.19. The van der Waals surface area contributed by atoms with Crippen molar-refractivity contribution in [3.8, 4) is 0 Å². The Morgan fingerprint density at radius 1 is 1.35 bits per heavy atom. The standard InChI is InChI=1S/C12H9N5O3/c1-16-9-8(14-6-15-9)11(19)17(12(16)20)10(18)7-3-2-4-13-5-7/h2-6H,1H3,(H,14,15). The summed E-state index contributed by atoms with van der Waals surface area (Å²) >= 11 is 0. The third-order valence-corrected chi connectivity index (χ3v) is 2.94. The van der Waals surface area contributed by atoms with Gasteiger partial charge >= 0.3 is 5.69 Å². The molecule has 8 nitrogen and oxygen atoms in total. The molecule has 0 amide bonds. The van der Waals surface area contributed by atoms with Crippen LogP contribution in [-0.4, -0.2) is 30.0 Å². The molecular weight excluding hydrogens is 262 g/mol. The number of nitrogens with zero attached hydrogens (tertiary/aromatic N) is 4. The number of imidazole rings is 1. The molecule has 3 aromatic rings. The average molecular weight is 271 g/mol. The first-order valence-corrected chi connectivity index (χ1v) is 5.71. The quantitative estimate of drug-likeness (QED) is 0.643. The van der Waals surface area contributed by atoms with E-state index < -0.39 is 17.2 Å². The van der Waals surface area contributed by atoms with Gasteiger partial charge in [0.15, 0.2) is 5.65 Å². The van der Waals surface area contributed by atoms with Gasteiger partial charge in [-0.1, -0.05) is 0 Å². The SMILES string of the molecule is Cn1c(=O)n(C(=O)c2cccnc2)c(=O)c2[nH]cnc21. The zero-order chi connectivity index (χ0) is 14.3. The zero-order valence-electron chi connectivity index (χ0n) is 10.4. The smallest absolute Gasteiger partial charge is 0.339 e. The van der Waals surface area contributed by atoms with Crippen molar-refractivity contribution >= 4 is 17.1 Å². The Kier molecular flexibility index (Phi) is 2.56. The fourth-order valence-electron chi connectivity index (χ4n) is 1.94. The van der Waals surface area contributed by atoms with Crippen molar-refractivity contribution in [3.05, 3.63) is 57.3 Å². The zero-order valence-corrected chi connectivity index (χ0v) is 10.4. The van der Waals surface area contributed by atoms with Crippen LogP contribution < -0.4 is 11.2 Å². The lowest BCUT2D eigenvalue weighted by Gasteiger charge is -2.06. The van der Waals surface area contributed by atoms with E-state index >= 15 is 0 Å². The van der Waals surface area contributed by atoms with E-state index in [2.05, 4.69) is 15.0 Å². The molecule has 3 heterocycles. The third-order valence-electron chi connectivity index (χ3n) is 2.94. The minimum Gasteiger partial charge on any atom is -0.339 e. The van der Waals surface area contributed by atoms with Crippen LogP contribution in [0, 0.1) is 0 Å². The molecule has 0 aliphatic rings. The number of carbonyl (C=O) groups excluding carboxylic acids is 1. The van der Waals surface area contributed by atoms with Crippen LogP contribution in [0.15, 0.2) is 40.4 Å². The lowest BCUT2D eigenvalue weighted by molar-refractivity contribution is 0.0949. The Morgan fingerprint density at radius 2 is 2.15 bits per heavy atom. The maximum absolute atomic E-state index is 12.3. The second-order valence-electron chi connectivity index (χ2n) is 4.13. The van der Waals surface area contributed by atoms with Gasteiger partial charge in [-0.3, -0.25) is 19.1 Å². The van der Waals surface area contributed by atoms with Crippen LogP contribution in [0.4, 0.5) is 0 Å². The summed E-state index contributed by atoms with van der Waals surface area (Å²) in [7, 11) is 1.44. The van der Waals surface area contributed by atoms with Crippen molar-refractivity contribution in [3.63, 3.8) is 0 Å². The molecule has 0 unspecified atom stereocenters. The Hall–Kier alpha value is -3.03. The van der Waals surface area contributed by atoms with Crippen LogP contribution >= 0.6 is 0 Å². The fraction of sp³-hybridized carbons (Fsp3) is 0.0833. The number of aromatic amines is 1. The van der Waals surface area contributed by atoms with Crippen LogP contribution in [0.25, 0.3) is 11.2 Å². The number of H-pyrrole nitrogens is 1. The molecule has 0 atom stereocenters. The number of nitrogens with one attached hydrogen (secondary N) is 1. The van der Waals surface area contributed by atoms with Crippen LogP contribution in [0.2, 0.25) is 0 Å². The molecule has 0 bridgehead atoms. The molecule has 0 aromatic carbocycles. The monoisotopic (exact) mass is 271 g/mol. The van der Waals surface area contributed by atoms with Crippen molar-refractivity contribution in [1.29, 1.82) is 0 Å². The molecule has 8 heteroatoms. The number of pyridine rings is 1. The van der Waals surface area contributed by atoms with Gasteiger partial charge in [0.2, 0.25) is 0 Å². The molecule has 0 aliphatic carbocycles. The molecule has 20 heavy (non-hydrogen) atoms. The van der Waals surface area contributed by atoms with Crippen molar-refractivity contribution in [2.45, 2.75) is 0 Å². The molecule has 0 aliphatic heterocycles. The maximum atomic E-state index is 12.3. The van der Waals surface area contributed by atoms with Crippen LogP contribution in [0.3, 0.4) is 0 Å². The van der Waals surface area contributed by atoms with Gasteiger partial charge < -0.3 is 4.98 Å². The topological polar surface area (TPSA) is 103 Å². The van der Waals surface area contributed by atoms with Gasteiger partial charge in [0.25, 0.3) is 11.5 Å². The molecular formula is C12H9N5O3. The van der Waals surface area contributed by atoms with E-state index in [1.807, 2.05) is 0 Å². The Balaban J connectivity index is 2.35. The summed E-state index contributed by atoms with van der Waals surface area (Å²) in [6.07, 6.45) is 4.09. The normalized spacial score (nSPS) is 10.8. The van der Waals surface area contributed by atoms with Crippen molar-refractivity contribution in [1.82, 2.24) is 24.1 Å². The minimum absolute atomic E-state index is 0.101.